The van der Waals surface area contributed by atoms with E-state index in [0.717, 1.165) is 29.7 Å². The molecular formula is C23H25NO5S. The fourth-order valence-electron chi connectivity index (χ4n) is 3.93. The van der Waals surface area contributed by atoms with Crippen molar-refractivity contribution in [1.29, 1.82) is 0 Å². The normalized spacial score (nSPS) is 20.1. The summed E-state index contributed by atoms with van der Waals surface area (Å²) in [5.41, 5.74) is 1.57. The van der Waals surface area contributed by atoms with E-state index in [1.54, 1.807) is 23.1 Å². The molecule has 158 valence electrons. The standard InChI is InChI=1S/C23H25NO5S/c1-3-4-5-9-24-19(22-14(2)8-12-30-22)18(21(26)23(24)27)20(25)15-6-7-16-17(13-15)29-11-10-28-16/h6-8,12-13,19,25H,3-5,9-11H2,1-2H3/b20-18-. The Morgan fingerprint density at radius 2 is 1.93 bits per heavy atom. The molecule has 0 aliphatic carbocycles. The van der Waals surface area contributed by atoms with E-state index in [2.05, 4.69) is 6.92 Å². The minimum atomic E-state index is -0.642. The summed E-state index contributed by atoms with van der Waals surface area (Å²) in [6.07, 6.45) is 2.81. The van der Waals surface area contributed by atoms with Crippen LogP contribution < -0.4 is 9.47 Å². The number of aryl methyl sites for hydroxylation is 1. The monoisotopic (exact) mass is 427 g/mol. The van der Waals surface area contributed by atoms with Crippen LogP contribution in [0, 0.1) is 6.92 Å². The van der Waals surface area contributed by atoms with Crippen molar-refractivity contribution in [3.8, 4) is 11.5 Å². The summed E-state index contributed by atoms with van der Waals surface area (Å²) in [6, 6.07) is 6.45. The second-order valence-corrected chi connectivity index (χ2v) is 8.47. The zero-order chi connectivity index (χ0) is 21.3. The molecule has 4 rings (SSSR count). The van der Waals surface area contributed by atoms with Crippen LogP contribution in [-0.2, 0) is 9.59 Å². The van der Waals surface area contributed by atoms with E-state index in [1.165, 1.54) is 11.3 Å². The van der Waals surface area contributed by atoms with Crippen LogP contribution >= 0.6 is 11.3 Å². The summed E-state index contributed by atoms with van der Waals surface area (Å²) in [5.74, 6) is -0.254. The van der Waals surface area contributed by atoms with Gasteiger partial charge in [0.25, 0.3) is 11.7 Å². The van der Waals surface area contributed by atoms with Crippen molar-refractivity contribution in [3.63, 3.8) is 0 Å². The summed E-state index contributed by atoms with van der Waals surface area (Å²) in [5, 5.41) is 13.1. The number of hydrogen-bond acceptors (Lipinski definition) is 6. The van der Waals surface area contributed by atoms with Gasteiger partial charge in [-0.3, -0.25) is 9.59 Å². The Balaban J connectivity index is 1.80. The average molecular weight is 428 g/mol. The number of thiophene rings is 1. The molecule has 30 heavy (non-hydrogen) atoms. The number of fused-ring (bicyclic) bond motifs is 1. The molecule has 2 aromatic rings. The van der Waals surface area contributed by atoms with Crippen LogP contribution in [0.4, 0.5) is 0 Å². The van der Waals surface area contributed by atoms with Crippen molar-refractivity contribution in [2.24, 2.45) is 0 Å². The van der Waals surface area contributed by atoms with Gasteiger partial charge in [0.05, 0.1) is 11.6 Å². The van der Waals surface area contributed by atoms with Gasteiger partial charge in [-0.2, -0.15) is 0 Å². The highest BCUT2D eigenvalue weighted by Gasteiger charge is 2.46. The molecule has 0 spiro atoms. The van der Waals surface area contributed by atoms with Gasteiger partial charge in [0, 0.05) is 17.0 Å². The first kappa shape index (κ1) is 20.5. The summed E-state index contributed by atoms with van der Waals surface area (Å²) < 4.78 is 11.1. The third kappa shape index (κ3) is 3.58. The van der Waals surface area contributed by atoms with Crippen LogP contribution in [0.25, 0.3) is 5.76 Å². The molecule has 1 aromatic heterocycles. The van der Waals surface area contributed by atoms with Gasteiger partial charge < -0.3 is 19.5 Å². The molecule has 1 N–H and O–H groups in total. The minimum Gasteiger partial charge on any atom is -0.507 e. The number of ketones is 1. The number of benzene rings is 1. The van der Waals surface area contributed by atoms with E-state index >= 15 is 0 Å². The summed E-state index contributed by atoms with van der Waals surface area (Å²) in [6.45, 7) is 5.43. The van der Waals surface area contributed by atoms with Crippen molar-refractivity contribution < 1.29 is 24.2 Å². The van der Waals surface area contributed by atoms with E-state index in [-0.39, 0.29) is 11.3 Å². The zero-order valence-corrected chi connectivity index (χ0v) is 18.0. The predicted octanol–water partition coefficient (Wildman–Crippen LogP) is 4.44. The van der Waals surface area contributed by atoms with Gasteiger partial charge in [-0.1, -0.05) is 19.8 Å². The van der Waals surface area contributed by atoms with Crippen LogP contribution in [0.3, 0.4) is 0 Å². The Labute approximate surface area is 179 Å². The molecule has 0 radical (unpaired) electrons. The molecular weight excluding hydrogens is 402 g/mol. The highest BCUT2D eigenvalue weighted by Crippen LogP contribution is 2.43. The average Bonchev–Trinajstić information content (AvgIpc) is 3.28. The zero-order valence-electron chi connectivity index (χ0n) is 17.1. The molecule has 3 heterocycles. The molecule has 1 aromatic carbocycles. The van der Waals surface area contributed by atoms with Crippen LogP contribution in [0.2, 0.25) is 0 Å². The Bertz CT molecular complexity index is 1010. The summed E-state index contributed by atoms with van der Waals surface area (Å²) >= 11 is 1.50. The number of unbranched alkanes of at least 4 members (excludes halogenated alkanes) is 2. The molecule has 2 aliphatic heterocycles. The molecule has 6 nitrogen and oxygen atoms in total. The molecule has 1 amide bonds. The Kier molecular flexibility index (Phi) is 5.81. The third-order valence-electron chi connectivity index (χ3n) is 5.51. The molecule has 1 fully saturated rings. The minimum absolute atomic E-state index is 0.138. The number of rotatable bonds is 6. The van der Waals surface area contributed by atoms with Gasteiger partial charge in [0.15, 0.2) is 11.5 Å². The fourth-order valence-corrected chi connectivity index (χ4v) is 4.97. The topological polar surface area (TPSA) is 76.1 Å². The van der Waals surface area contributed by atoms with Crippen LogP contribution in [0.15, 0.2) is 35.2 Å². The highest BCUT2D eigenvalue weighted by molar-refractivity contribution is 7.10. The molecule has 1 saturated heterocycles. The maximum absolute atomic E-state index is 13.0. The van der Waals surface area contributed by atoms with Gasteiger partial charge >= 0.3 is 0 Å². The van der Waals surface area contributed by atoms with Crippen LogP contribution in [0.1, 0.15) is 48.2 Å². The van der Waals surface area contributed by atoms with E-state index in [0.29, 0.717) is 36.8 Å². The molecule has 2 aliphatic rings. The first-order valence-corrected chi connectivity index (χ1v) is 11.1. The first-order chi connectivity index (χ1) is 14.5. The molecule has 1 atom stereocenters. The number of amides is 1. The number of Topliss-reactive ketones (excluding diaryl/α,β-unsaturated/α-hetero) is 1. The second kappa shape index (κ2) is 8.52. The van der Waals surface area contributed by atoms with Crippen molar-refractivity contribution >= 4 is 28.8 Å². The molecule has 1 unspecified atom stereocenters. The van der Waals surface area contributed by atoms with Gasteiger partial charge in [0.1, 0.15) is 19.0 Å². The molecule has 0 bridgehead atoms. The van der Waals surface area contributed by atoms with Crippen molar-refractivity contribution in [3.05, 3.63) is 51.2 Å². The van der Waals surface area contributed by atoms with Crippen molar-refractivity contribution in [2.45, 2.75) is 39.2 Å². The number of nitrogens with zero attached hydrogens (tertiary/aromatic N) is 1. The quantitative estimate of drug-likeness (QED) is 0.319. The highest BCUT2D eigenvalue weighted by atomic mass is 32.1. The van der Waals surface area contributed by atoms with Gasteiger partial charge in [0.2, 0.25) is 0 Å². The number of hydrogen-bond donors (Lipinski definition) is 1. The van der Waals surface area contributed by atoms with Crippen LogP contribution in [0.5, 0.6) is 11.5 Å². The smallest absolute Gasteiger partial charge is 0.295 e. The van der Waals surface area contributed by atoms with E-state index in [4.69, 9.17) is 9.47 Å². The Morgan fingerprint density at radius 1 is 1.17 bits per heavy atom. The maximum Gasteiger partial charge on any atom is 0.295 e. The number of ether oxygens (including phenoxy) is 2. The predicted molar refractivity (Wildman–Crippen MR) is 115 cm³/mol. The second-order valence-electron chi connectivity index (χ2n) is 7.53. The van der Waals surface area contributed by atoms with Gasteiger partial charge in [-0.05, 0) is 48.6 Å². The number of aliphatic hydroxyl groups is 1. The number of carbonyl (C=O) groups excluding carboxylic acids is 2. The lowest BCUT2D eigenvalue weighted by Crippen LogP contribution is -2.30. The van der Waals surface area contributed by atoms with Crippen molar-refractivity contribution in [2.75, 3.05) is 19.8 Å². The van der Waals surface area contributed by atoms with Crippen molar-refractivity contribution in [1.82, 2.24) is 4.90 Å². The lowest BCUT2D eigenvalue weighted by atomic mass is 9.98. The lowest BCUT2D eigenvalue weighted by molar-refractivity contribution is -0.139. The van der Waals surface area contributed by atoms with E-state index in [1.807, 2.05) is 18.4 Å². The summed E-state index contributed by atoms with van der Waals surface area (Å²) in [7, 11) is 0. The third-order valence-corrected chi connectivity index (χ3v) is 6.58. The Hall–Kier alpha value is -2.80. The van der Waals surface area contributed by atoms with E-state index in [9.17, 15) is 14.7 Å². The van der Waals surface area contributed by atoms with Crippen LogP contribution in [-0.4, -0.2) is 41.5 Å². The summed E-state index contributed by atoms with van der Waals surface area (Å²) in [4.78, 5) is 28.4. The first-order valence-electron chi connectivity index (χ1n) is 10.2. The van der Waals surface area contributed by atoms with Gasteiger partial charge in [-0.25, -0.2) is 0 Å². The van der Waals surface area contributed by atoms with E-state index < -0.39 is 17.7 Å². The number of carbonyl (C=O) groups is 2. The van der Waals surface area contributed by atoms with Gasteiger partial charge in [-0.15, -0.1) is 11.3 Å². The molecule has 7 heteroatoms. The number of aliphatic hydroxyl groups excluding tert-OH is 1. The SMILES string of the molecule is CCCCCN1C(=O)C(=O)/C(=C(\O)c2ccc3c(c2)OCCO3)C1c1sccc1C. The fraction of sp³-hybridized carbons (Fsp3) is 0.391. The largest absolute Gasteiger partial charge is 0.507 e. The number of likely N-dealkylation sites (tertiary alicyclic amines) is 1. The molecule has 0 saturated carbocycles. The lowest BCUT2D eigenvalue weighted by Gasteiger charge is -2.25. The Morgan fingerprint density at radius 3 is 2.63 bits per heavy atom. The maximum atomic E-state index is 13.0.